The molecule has 1 N–H and O–H groups in total. The summed E-state index contributed by atoms with van der Waals surface area (Å²) in [7, 11) is 3.59. The Kier molecular flexibility index (Phi) is 6.05. The highest BCUT2D eigenvalue weighted by Crippen LogP contribution is 2.27. The summed E-state index contributed by atoms with van der Waals surface area (Å²) in [6, 6.07) is 7.97. The second-order valence-electron chi connectivity index (χ2n) is 4.63. The van der Waals surface area contributed by atoms with E-state index in [1.165, 1.54) is 0 Å². The number of halogens is 1. The van der Waals surface area contributed by atoms with Crippen molar-refractivity contribution in [3.63, 3.8) is 0 Å². The van der Waals surface area contributed by atoms with Crippen LogP contribution in [-0.2, 0) is 17.8 Å². The molecule has 1 aromatic heterocycles. The number of hydrogen-bond donors (Lipinski definition) is 1. The Labute approximate surface area is 125 Å². The number of rotatable bonds is 5. The largest absolute Gasteiger partial charge is 0.461 e. The average molecular weight is 297 g/mol. The maximum absolute atomic E-state index is 11.8. The van der Waals surface area contributed by atoms with Crippen LogP contribution < -0.4 is 5.32 Å². The van der Waals surface area contributed by atoms with Gasteiger partial charge in [-0.3, -0.25) is 4.79 Å². The highest BCUT2D eigenvalue weighted by atomic mass is 35.5. The van der Waals surface area contributed by atoms with Crippen molar-refractivity contribution in [3.8, 4) is 0 Å². The maximum atomic E-state index is 11.8. The van der Waals surface area contributed by atoms with Crippen molar-refractivity contribution in [2.75, 3.05) is 20.6 Å². The molecule has 2 rings (SSSR count). The van der Waals surface area contributed by atoms with Gasteiger partial charge in [-0.25, -0.2) is 0 Å². The summed E-state index contributed by atoms with van der Waals surface area (Å²) in [4.78, 5) is 13.6. The zero-order chi connectivity index (χ0) is 13.8. The quantitative estimate of drug-likeness (QED) is 0.922. The first kappa shape index (κ1) is 16.5. The molecule has 1 amide bonds. The summed E-state index contributed by atoms with van der Waals surface area (Å²) in [6.07, 6.45) is 0.831. The van der Waals surface area contributed by atoms with Crippen molar-refractivity contribution in [1.82, 2.24) is 10.2 Å². The van der Waals surface area contributed by atoms with Gasteiger partial charge < -0.3 is 14.6 Å². The van der Waals surface area contributed by atoms with Gasteiger partial charge in [-0.1, -0.05) is 25.1 Å². The van der Waals surface area contributed by atoms with Gasteiger partial charge in [-0.2, -0.15) is 0 Å². The van der Waals surface area contributed by atoms with Crippen LogP contribution in [-0.4, -0.2) is 31.4 Å². The highest BCUT2D eigenvalue weighted by Gasteiger charge is 2.16. The van der Waals surface area contributed by atoms with E-state index in [1.54, 1.807) is 11.9 Å². The minimum Gasteiger partial charge on any atom is -0.461 e. The SMILES string of the molecule is CCc1oc2ccccc2c1CN(C)C(=O)CNC.Cl. The monoisotopic (exact) mass is 296 g/mol. The molecule has 20 heavy (non-hydrogen) atoms. The molecule has 110 valence electrons. The molecule has 0 fully saturated rings. The highest BCUT2D eigenvalue weighted by molar-refractivity contribution is 5.85. The van der Waals surface area contributed by atoms with Crippen LogP contribution in [0.2, 0.25) is 0 Å². The van der Waals surface area contributed by atoms with Gasteiger partial charge in [0, 0.05) is 31.0 Å². The molecule has 4 nitrogen and oxygen atoms in total. The number of para-hydroxylation sites is 1. The number of aryl methyl sites for hydroxylation is 1. The van der Waals surface area contributed by atoms with E-state index in [0.717, 1.165) is 28.7 Å². The Morgan fingerprint density at radius 3 is 2.70 bits per heavy atom. The van der Waals surface area contributed by atoms with Crippen LogP contribution in [0.25, 0.3) is 11.0 Å². The van der Waals surface area contributed by atoms with Crippen LogP contribution in [0.5, 0.6) is 0 Å². The summed E-state index contributed by atoms with van der Waals surface area (Å²) >= 11 is 0. The Balaban J connectivity index is 0.00000200. The lowest BCUT2D eigenvalue weighted by Crippen LogP contribution is -2.33. The normalized spacial score (nSPS) is 10.3. The maximum Gasteiger partial charge on any atom is 0.236 e. The molecule has 0 aliphatic rings. The van der Waals surface area contributed by atoms with Crippen LogP contribution in [0.3, 0.4) is 0 Å². The summed E-state index contributed by atoms with van der Waals surface area (Å²) < 4.78 is 5.84. The lowest BCUT2D eigenvalue weighted by Gasteiger charge is -2.17. The molecular weight excluding hydrogens is 276 g/mol. The topological polar surface area (TPSA) is 45.5 Å². The van der Waals surface area contributed by atoms with Crippen LogP contribution >= 0.6 is 12.4 Å². The molecule has 0 aliphatic heterocycles. The smallest absolute Gasteiger partial charge is 0.236 e. The first-order chi connectivity index (χ1) is 9.17. The van der Waals surface area contributed by atoms with Crippen molar-refractivity contribution in [1.29, 1.82) is 0 Å². The molecule has 0 bridgehead atoms. The molecule has 2 aromatic rings. The standard InChI is InChI=1S/C15H20N2O2.ClH/c1-4-13-12(10-17(3)15(18)9-16-2)11-7-5-6-8-14(11)19-13;/h5-8,16H,4,9-10H2,1-3H3;1H. The molecule has 5 heteroatoms. The molecule has 0 radical (unpaired) electrons. The predicted molar refractivity (Wildman–Crippen MR) is 83.2 cm³/mol. The zero-order valence-corrected chi connectivity index (χ0v) is 12.9. The second-order valence-corrected chi connectivity index (χ2v) is 4.63. The van der Waals surface area contributed by atoms with E-state index in [2.05, 4.69) is 12.2 Å². The number of furan rings is 1. The van der Waals surface area contributed by atoms with Crippen molar-refractivity contribution in [3.05, 3.63) is 35.6 Å². The fourth-order valence-corrected chi connectivity index (χ4v) is 2.22. The Morgan fingerprint density at radius 1 is 1.35 bits per heavy atom. The van der Waals surface area contributed by atoms with Crippen molar-refractivity contribution in [2.45, 2.75) is 19.9 Å². The number of likely N-dealkylation sites (N-methyl/N-ethyl adjacent to an activating group) is 2. The number of hydrogen-bond acceptors (Lipinski definition) is 3. The zero-order valence-electron chi connectivity index (χ0n) is 12.1. The summed E-state index contributed by atoms with van der Waals surface area (Å²) in [6.45, 7) is 3.01. The molecule has 1 aromatic carbocycles. The summed E-state index contributed by atoms with van der Waals surface area (Å²) in [5, 5.41) is 3.98. The molecule has 0 atom stereocenters. The van der Waals surface area contributed by atoms with Crippen LogP contribution in [0, 0.1) is 0 Å². The molecule has 0 aliphatic carbocycles. The summed E-state index contributed by atoms with van der Waals surface area (Å²) in [5.74, 6) is 1.04. The van der Waals surface area contributed by atoms with E-state index >= 15 is 0 Å². The van der Waals surface area contributed by atoms with Crippen molar-refractivity contribution >= 4 is 29.3 Å². The predicted octanol–water partition coefficient (Wildman–Crippen LogP) is 2.59. The number of fused-ring (bicyclic) bond motifs is 1. The molecule has 0 saturated heterocycles. The minimum absolute atomic E-state index is 0. The second kappa shape index (κ2) is 7.31. The van der Waals surface area contributed by atoms with Crippen LogP contribution in [0.15, 0.2) is 28.7 Å². The average Bonchev–Trinajstić information content (AvgIpc) is 2.77. The van der Waals surface area contributed by atoms with Gasteiger partial charge in [-0.15, -0.1) is 12.4 Å². The van der Waals surface area contributed by atoms with E-state index in [4.69, 9.17) is 4.42 Å². The molecule has 0 spiro atoms. The van der Waals surface area contributed by atoms with Gasteiger partial charge in [0.15, 0.2) is 0 Å². The van der Waals surface area contributed by atoms with Gasteiger partial charge in [-0.05, 0) is 13.1 Å². The Hall–Kier alpha value is -1.52. The van der Waals surface area contributed by atoms with E-state index in [0.29, 0.717) is 13.1 Å². The van der Waals surface area contributed by atoms with Gasteiger partial charge in [0.05, 0.1) is 6.54 Å². The van der Waals surface area contributed by atoms with E-state index in [9.17, 15) is 4.79 Å². The van der Waals surface area contributed by atoms with Crippen molar-refractivity contribution in [2.24, 2.45) is 0 Å². The number of carbonyl (C=O) groups excluding carboxylic acids is 1. The van der Waals surface area contributed by atoms with E-state index < -0.39 is 0 Å². The number of nitrogens with one attached hydrogen (secondary N) is 1. The third-order valence-corrected chi connectivity index (χ3v) is 3.25. The van der Waals surface area contributed by atoms with Crippen LogP contribution in [0.4, 0.5) is 0 Å². The lowest BCUT2D eigenvalue weighted by atomic mass is 10.1. The molecule has 0 unspecified atom stereocenters. The number of carbonyl (C=O) groups is 1. The number of benzene rings is 1. The van der Waals surface area contributed by atoms with E-state index in [-0.39, 0.29) is 18.3 Å². The van der Waals surface area contributed by atoms with Gasteiger partial charge in [0.25, 0.3) is 0 Å². The molecular formula is C15H21ClN2O2. The first-order valence-corrected chi connectivity index (χ1v) is 6.55. The van der Waals surface area contributed by atoms with Crippen LogP contribution in [0.1, 0.15) is 18.2 Å². The Bertz CT molecular complexity index is 580. The molecule has 0 saturated carbocycles. The van der Waals surface area contributed by atoms with Gasteiger partial charge in [0.2, 0.25) is 5.91 Å². The van der Waals surface area contributed by atoms with Crippen molar-refractivity contribution < 1.29 is 9.21 Å². The Morgan fingerprint density at radius 2 is 2.05 bits per heavy atom. The fraction of sp³-hybridized carbons (Fsp3) is 0.400. The number of nitrogens with zero attached hydrogens (tertiary/aromatic N) is 1. The first-order valence-electron chi connectivity index (χ1n) is 6.55. The molecule has 1 heterocycles. The lowest BCUT2D eigenvalue weighted by molar-refractivity contribution is -0.129. The van der Waals surface area contributed by atoms with Gasteiger partial charge >= 0.3 is 0 Å². The van der Waals surface area contributed by atoms with Gasteiger partial charge in [0.1, 0.15) is 11.3 Å². The minimum atomic E-state index is 0. The van der Waals surface area contributed by atoms with E-state index in [1.807, 2.05) is 31.3 Å². The fourth-order valence-electron chi connectivity index (χ4n) is 2.22. The third kappa shape index (κ3) is 3.32. The summed E-state index contributed by atoms with van der Waals surface area (Å²) in [5.41, 5.74) is 2.01. The third-order valence-electron chi connectivity index (χ3n) is 3.25. The number of amides is 1.